The molecule has 0 bridgehead atoms. The number of halogens is 1. The predicted octanol–water partition coefficient (Wildman–Crippen LogP) is 4.78. The summed E-state index contributed by atoms with van der Waals surface area (Å²) in [5.41, 5.74) is 2.71. The molecule has 1 amide bonds. The molecule has 4 aromatic rings. The van der Waals surface area contributed by atoms with Crippen LogP contribution >= 0.6 is 11.8 Å². The van der Waals surface area contributed by atoms with E-state index in [0.717, 1.165) is 28.2 Å². The van der Waals surface area contributed by atoms with Crippen molar-refractivity contribution < 1.29 is 13.6 Å². The van der Waals surface area contributed by atoms with Gasteiger partial charge in [0.2, 0.25) is 5.91 Å². The van der Waals surface area contributed by atoms with E-state index in [4.69, 9.17) is 4.42 Å². The Hall–Kier alpha value is -3.13. The van der Waals surface area contributed by atoms with E-state index in [1.54, 1.807) is 26.0 Å². The number of hydrogen-bond donors (Lipinski definition) is 2. The smallest absolute Gasteiger partial charge is 0.277 e. The number of nitrogens with zero attached hydrogens (tertiary/aromatic N) is 2. The van der Waals surface area contributed by atoms with Crippen LogP contribution in [-0.2, 0) is 4.79 Å². The number of carbonyl (C=O) groups is 1. The third-order valence-electron chi connectivity index (χ3n) is 4.31. The molecule has 1 atom stereocenters. The van der Waals surface area contributed by atoms with Crippen molar-refractivity contribution in [3.63, 3.8) is 0 Å². The van der Waals surface area contributed by atoms with Crippen LogP contribution in [0.3, 0.4) is 0 Å². The zero-order valence-corrected chi connectivity index (χ0v) is 16.0. The SMILES string of the molecule is Cc1ccc(NC(=O)C(C)Sc2nnc(-c3c[nH]c4ccccc34)o2)cc1F. The van der Waals surface area contributed by atoms with Crippen molar-refractivity contribution in [3.8, 4) is 11.5 Å². The van der Waals surface area contributed by atoms with Crippen LogP contribution in [0.25, 0.3) is 22.4 Å². The minimum atomic E-state index is -0.499. The van der Waals surface area contributed by atoms with Crippen LogP contribution in [0.2, 0.25) is 0 Å². The molecule has 2 aromatic carbocycles. The lowest BCUT2D eigenvalue weighted by Gasteiger charge is -2.10. The summed E-state index contributed by atoms with van der Waals surface area (Å²) in [7, 11) is 0. The van der Waals surface area contributed by atoms with Gasteiger partial charge < -0.3 is 14.7 Å². The Morgan fingerprint density at radius 2 is 2.07 bits per heavy atom. The van der Waals surface area contributed by atoms with E-state index >= 15 is 0 Å². The van der Waals surface area contributed by atoms with Gasteiger partial charge in [-0.3, -0.25) is 4.79 Å². The molecule has 0 spiro atoms. The lowest BCUT2D eigenvalue weighted by atomic mass is 10.2. The first-order valence-corrected chi connectivity index (χ1v) is 9.53. The minimum absolute atomic E-state index is 0.278. The highest BCUT2D eigenvalue weighted by Gasteiger charge is 2.20. The van der Waals surface area contributed by atoms with Crippen LogP contribution in [0.5, 0.6) is 0 Å². The predicted molar refractivity (Wildman–Crippen MR) is 107 cm³/mol. The summed E-state index contributed by atoms with van der Waals surface area (Å²) in [5.74, 6) is -0.258. The first-order chi connectivity index (χ1) is 13.5. The second-order valence-corrected chi connectivity index (χ2v) is 7.63. The molecule has 0 saturated carbocycles. The van der Waals surface area contributed by atoms with E-state index in [9.17, 15) is 9.18 Å². The van der Waals surface area contributed by atoms with Gasteiger partial charge >= 0.3 is 0 Å². The zero-order valence-electron chi connectivity index (χ0n) is 15.2. The Morgan fingerprint density at radius 3 is 2.89 bits per heavy atom. The van der Waals surface area contributed by atoms with Crippen molar-refractivity contribution in [1.82, 2.24) is 15.2 Å². The Labute approximate surface area is 164 Å². The second kappa shape index (κ2) is 7.47. The lowest BCUT2D eigenvalue weighted by Crippen LogP contribution is -2.22. The number of hydrogen-bond acceptors (Lipinski definition) is 5. The molecule has 0 saturated heterocycles. The van der Waals surface area contributed by atoms with E-state index in [1.165, 1.54) is 6.07 Å². The molecule has 0 fully saturated rings. The summed E-state index contributed by atoms with van der Waals surface area (Å²) in [5, 5.41) is 11.6. The van der Waals surface area contributed by atoms with Crippen molar-refractivity contribution in [2.75, 3.05) is 5.32 Å². The summed E-state index contributed by atoms with van der Waals surface area (Å²) < 4.78 is 19.4. The summed E-state index contributed by atoms with van der Waals surface area (Å²) in [6.45, 7) is 3.39. The van der Waals surface area contributed by atoms with E-state index in [1.807, 2.05) is 30.5 Å². The Morgan fingerprint density at radius 1 is 1.25 bits per heavy atom. The van der Waals surface area contributed by atoms with Gasteiger partial charge in [0.15, 0.2) is 0 Å². The van der Waals surface area contributed by atoms with Crippen molar-refractivity contribution in [2.24, 2.45) is 0 Å². The van der Waals surface area contributed by atoms with Gasteiger partial charge in [-0.1, -0.05) is 36.0 Å². The van der Waals surface area contributed by atoms with Gasteiger partial charge in [-0.05, 0) is 37.6 Å². The molecule has 2 aromatic heterocycles. The molecule has 6 nitrogen and oxygen atoms in total. The standard InChI is InChI=1S/C20H17FN4O2S/c1-11-7-8-13(9-16(11)21)23-18(26)12(2)28-20-25-24-19(27-20)15-10-22-17-6-4-3-5-14(15)17/h3-10,12,22H,1-2H3,(H,23,26). The Bertz CT molecular complexity index is 1150. The van der Waals surface area contributed by atoms with Crippen LogP contribution in [-0.4, -0.2) is 26.3 Å². The first kappa shape index (κ1) is 18.2. The van der Waals surface area contributed by atoms with Gasteiger partial charge in [0.1, 0.15) is 5.82 Å². The largest absolute Gasteiger partial charge is 0.411 e. The van der Waals surface area contributed by atoms with Gasteiger partial charge in [0, 0.05) is 22.8 Å². The fourth-order valence-electron chi connectivity index (χ4n) is 2.73. The molecular weight excluding hydrogens is 379 g/mol. The van der Waals surface area contributed by atoms with Crippen molar-refractivity contribution in [3.05, 3.63) is 60.0 Å². The van der Waals surface area contributed by atoms with Crippen LogP contribution in [0, 0.1) is 12.7 Å². The van der Waals surface area contributed by atoms with E-state index in [0.29, 0.717) is 17.1 Å². The normalized spacial score (nSPS) is 12.2. The number of thioether (sulfide) groups is 1. The van der Waals surface area contributed by atoms with Gasteiger partial charge in [-0.25, -0.2) is 4.39 Å². The number of rotatable bonds is 5. The number of aryl methyl sites for hydroxylation is 1. The summed E-state index contributed by atoms with van der Waals surface area (Å²) >= 11 is 1.15. The van der Waals surface area contributed by atoms with Crippen LogP contribution in [0.15, 0.2) is 58.3 Å². The number of benzene rings is 2. The second-order valence-electron chi connectivity index (χ2n) is 6.33. The zero-order chi connectivity index (χ0) is 19.7. The maximum atomic E-state index is 13.6. The van der Waals surface area contributed by atoms with Crippen molar-refractivity contribution in [2.45, 2.75) is 24.3 Å². The average molecular weight is 396 g/mol. The van der Waals surface area contributed by atoms with Gasteiger partial charge in [0.05, 0.1) is 10.8 Å². The molecule has 0 aliphatic heterocycles. The summed E-state index contributed by atoms with van der Waals surface area (Å²) in [6, 6.07) is 12.4. The van der Waals surface area contributed by atoms with Gasteiger partial charge in [-0.2, -0.15) is 0 Å². The first-order valence-electron chi connectivity index (χ1n) is 8.65. The van der Waals surface area contributed by atoms with Gasteiger partial charge in [-0.15, -0.1) is 10.2 Å². The highest BCUT2D eigenvalue weighted by Crippen LogP contribution is 2.31. The van der Waals surface area contributed by atoms with Crippen LogP contribution in [0.4, 0.5) is 10.1 Å². The van der Waals surface area contributed by atoms with Crippen molar-refractivity contribution >= 4 is 34.3 Å². The Balaban J connectivity index is 1.45. The molecular formula is C20H17FN4O2S. The molecule has 8 heteroatoms. The maximum Gasteiger partial charge on any atom is 0.277 e. The summed E-state index contributed by atoms with van der Waals surface area (Å²) in [6.07, 6.45) is 1.81. The number of H-pyrrole nitrogens is 1. The highest BCUT2D eigenvalue weighted by atomic mass is 32.2. The number of anilines is 1. The fourth-order valence-corrected chi connectivity index (χ4v) is 3.42. The number of nitrogens with one attached hydrogen (secondary N) is 2. The molecule has 28 heavy (non-hydrogen) atoms. The Kier molecular flexibility index (Phi) is 4.87. The third-order valence-corrected chi connectivity index (χ3v) is 5.25. The van der Waals surface area contributed by atoms with E-state index in [2.05, 4.69) is 20.5 Å². The molecule has 4 rings (SSSR count). The summed E-state index contributed by atoms with van der Waals surface area (Å²) in [4.78, 5) is 15.5. The fraction of sp³-hybridized carbons (Fsp3) is 0.150. The number of para-hydroxylation sites is 1. The number of fused-ring (bicyclic) bond motifs is 1. The number of amides is 1. The van der Waals surface area contributed by atoms with E-state index in [-0.39, 0.29) is 16.9 Å². The molecule has 2 N–H and O–H groups in total. The maximum absolute atomic E-state index is 13.6. The molecule has 142 valence electrons. The molecule has 0 aliphatic carbocycles. The monoisotopic (exact) mass is 396 g/mol. The van der Waals surface area contributed by atoms with Crippen molar-refractivity contribution in [1.29, 1.82) is 0 Å². The lowest BCUT2D eigenvalue weighted by molar-refractivity contribution is -0.115. The van der Waals surface area contributed by atoms with Crippen LogP contribution in [0.1, 0.15) is 12.5 Å². The molecule has 2 heterocycles. The minimum Gasteiger partial charge on any atom is -0.411 e. The number of aromatic nitrogens is 3. The number of carbonyl (C=O) groups excluding carboxylic acids is 1. The topological polar surface area (TPSA) is 83.8 Å². The third kappa shape index (κ3) is 3.63. The van der Waals surface area contributed by atoms with Crippen LogP contribution < -0.4 is 5.32 Å². The molecule has 0 aliphatic rings. The molecule has 0 radical (unpaired) electrons. The number of aromatic amines is 1. The van der Waals surface area contributed by atoms with Gasteiger partial charge in [0.25, 0.3) is 11.1 Å². The highest BCUT2D eigenvalue weighted by molar-refractivity contribution is 8.00. The molecule has 1 unspecified atom stereocenters. The van der Waals surface area contributed by atoms with E-state index < -0.39 is 5.25 Å². The quantitative estimate of drug-likeness (QED) is 0.474. The average Bonchev–Trinajstić information content (AvgIpc) is 3.31.